The summed E-state index contributed by atoms with van der Waals surface area (Å²) in [5.74, 6) is 0. The van der Waals surface area contributed by atoms with E-state index in [1.165, 1.54) is 24.8 Å². The Morgan fingerprint density at radius 1 is 1.23 bits per heavy atom. The number of fused-ring (bicyclic) bond motifs is 1. The van der Waals surface area contributed by atoms with Crippen molar-refractivity contribution < 1.29 is 13.3 Å². The molecule has 3 heterocycles. The molecule has 4 rings (SSSR count). The van der Waals surface area contributed by atoms with Crippen molar-refractivity contribution in [2.75, 3.05) is 26.2 Å². The van der Waals surface area contributed by atoms with Crippen molar-refractivity contribution in [2.45, 2.75) is 37.5 Å². The highest BCUT2D eigenvalue weighted by Crippen LogP contribution is 2.26. The number of nitrogens with zero attached hydrogens (tertiary/aromatic N) is 6. The van der Waals surface area contributed by atoms with Crippen molar-refractivity contribution in [1.82, 2.24) is 18.9 Å². The molecule has 0 amide bonds. The zero-order valence-corrected chi connectivity index (χ0v) is 21.8. The number of likely N-dealkylation sites (tertiary alicyclic amines) is 1. The Bertz CT molecular complexity index is 1350. The number of non-ortho nitro benzene ring substituents is 1. The number of halogens is 1. The Balaban J connectivity index is 1.65. The number of hydrazone groups is 1. The van der Waals surface area contributed by atoms with Crippen LogP contribution in [0.5, 0.6) is 0 Å². The summed E-state index contributed by atoms with van der Waals surface area (Å²) >= 11 is 3.44. The molecule has 0 saturated carbocycles. The third-order valence-corrected chi connectivity index (χ3v) is 8.37. The first-order valence-corrected chi connectivity index (χ1v) is 13.7. The first-order chi connectivity index (χ1) is 16.8. The molecule has 0 atom stereocenters. The lowest BCUT2D eigenvalue weighted by Gasteiger charge is -2.27. The second kappa shape index (κ2) is 10.8. The van der Waals surface area contributed by atoms with E-state index >= 15 is 0 Å². The Labute approximate surface area is 212 Å². The van der Waals surface area contributed by atoms with Gasteiger partial charge in [0.1, 0.15) is 0 Å². The molecule has 0 spiro atoms. The highest BCUT2D eigenvalue weighted by Gasteiger charge is 2.27. The summed E-state index contributed by atoms with van der Waals surface area (Å²) < 4.78 is 30.8. The largest absolute Gasteiger partial charge is 0.303 e. The number of sulfonamides is 1. The van der Waals surface area contributed by atoms with E-state index in [1.807, 2.05) is 12.1 Å². The summed E-state index contributed by atoms with van der Waals surface area (Å²) in [4.78, 5) is 12.9. The first kappa shape index (κ1) is 25.3. The minimum atomic E-state index is -4.13. The van der Waals surface area contributed by atoms with Gasteiger partial charge in [0.05, 0.1) is 34.3 Å². The van der Waals surface area contributed by atoms with Gasteiger partial charge in [-0.1, -0.05) is 28.4 Å². The predicted molar refractivity (Wildman–Crippen MR) is 137 cm³/mol. The SMILES string of the molecule is Cc1ccc([N+](=O)[O-])cc1S(=O)(=O)N(CCCN1CCCCC1)/N=C\c1cnn2ccc(Br)cc12. The number of aromatic nitrogens is 2. The third kappa shape index (κ3) is 5.88. The average molecular weight is 563 g/mol. The quantitative estimate of drug-likeness (QED) is 0.219. The lowest BCUT2D eigenvalue weighted by atomic mass is 10.1. The maximum atomic E-state index is 13.6. The van der Waals surface area contributed by atoms with Crippen LogP contribution in [0.25, 0.3) is 5.52 Å². The number of nitro benzene ring substituents is 1. The van der Waals surface area contributed by atoms with E-state index < -0.39 is 14.9 Å². The van der Waals surface area contributed by atoms with Gasteiger partial charge in [-0.15, -0.1) is 0 Å². The predicted octanol–water partition coefficient (Wildman–Crippen LogP) is 4.21. The van der Waals surface area contributed by atoms with Crippen molar-refractivity contribution in [2.24, 2.45) is 5.10 Å². The molecule has 10 nitrogen and oxygen atoms in total. The van der Waals surface area contributed by atoms with Crippen LogP contribution in [0.2, 0.25) is 0 Å². The van der Waals surface area contributed by atoms with Crippen LogP contribution in [0.1, 0.15) is 36.8 Å². The van der Waals surface area contributed by atoms with Gasteiger partial charge in [-0.2, -0.15) is 23.0 Å². The molecule has 0 aliphatic carbocycles. The first-order valence-electron chi connectivity index (χ1n) is 11.4. The van der Waals surface area contributed by atoms with Crippen LogP contribution in [0.3, 0.4) is 0 Å². The Kier molecular flexibility index (Phi) is 7.82. The summed E-state index contributed by atoms with van der Waals surface area (Å²) in [6.07, 6.45) is 8.99. The Morgan fingerprint density at radius 3 is 2.74 bits per heavy atom. The number of hydrogen-bond donors (Lipinski definition) is 0. The van der Waals surface area contributed by atoms with Gasteiger partial charge < -0.3 is 4.90 Å². The van der Waals surface area contributed by atoms with Gasteiger partial charge in [0.15, 0.2) is 0 Å². The van der Waals surface area contributed by atoms with Crippen molar-refractivity contribution in [3.63, 3.8) is 0 Å². The minimum absolute atomic E-state index is 0.121. The monoisotopic (exact) mass is 562 g/mol. The van der Waals surface area contributed by atoms with E-state index in [-0.39, 0.29) is 17.1 Å². The second-order valence-corrected chi connectivity index (χ2v) is 11.3. The molecule has 0 N–H and O–H groups in total. The number of benzene rings is 1. The minimum Gasteiger partial charge on any atom is -0.303 e. The zero-order valence-electron chi connectivity index (χ0n) is 19.4. The highest BCUT2D eigenvalue weighted by atomic mass is 79.9. The topological polar surface area (TPSA) is 113 Å². The number of pyridine rings is 1. The molecule has 2 aromatic heterocycles. The number of piperidine rings is 1. The summed E-state index contributed by atoms with van der Waals surface area (Å²) in [5, 5.41) is 19.9. The van der Waals surface area contributed by atoms with Crippen LogP contribution < -0.4 is 0 Å². The van der Waals surface area contributed by atoms with Crippen molar-refractivity contribution in [3.8, 4) is 0 Å². The normalized spacial score (nSPS) is 15.1. The fraction of sp³-hybridized carbons (Fsp3) is 0.391. The molecule has 186 valence electrons. The van der Waals surface area contributed by atoms with E-state index in [0.29, 0.717) is 17.5 Å². The molecule has 0 radical (unpaired) electrons. The smallest absolute Gasteiger partial charge is 0.279 e. The standard InChI is InChI=1S/C23H27BrN6O4S/c1-18-6-7-21(30(31)32)15-23(18)35(33,34)29(12-5-11-27-9-3-2-4-10-27)26-17-19-16-25-28-13-8-20(24)14-22(19)28/h6-8,13-17H,2-5,9-12H2,1H3/b26-17-. The van der Waals surface area contributed by atoms with Gasteiger partial charge in [0, 0.05) is 28.4 Å². The summed E-state index contributed by atoms with van der Waals surface area (Å²) in [6, 6.07) is 7.57. The summed E-state index contributed by atoms with van der Waals surface area (Å²) in [5.41, 5.74) is 1.56. The van der Waals surface area contributed by atoms with Gasteiger partial charge in [0.2, 0.25) is 0 Å². The third-order valence-electron chi connectivity index (χ3n) is 6.05. The maximum absolute atomic E-state index is 13.6. The highest BCUT2D eigenvalue weighted by molar-refractivity contribution is 9.10. The molecule has 12 heteroatoms. The van der Waals surface area contributed by atoms with E-state index in [1.54, 1.807) is 23.8 Å². The van der Waals surface area contributed by atoms with Crippen LogP contribution in [0.4, 0.5) is 5.69 Å². The molecule has 1 saturated heterocycles. The van der Waals surface area contributed by atoms with Crippen LogP contribution >= 0.6 is 15.9 Å². The molecular formula is C23H27BrN6O4S. The molecule has 0 bridgehead atoms. The molecule has 1 fully saturated rings. The number of hydrogen-bond acceptors (Lipinski definition) is 7. The summed E-state index contributed by atoms with van der Waals surface area (Å²) in [7, 11) is -4.13. The molecule has 1 aliphatic rings. The van der Waals surface area contributed by atoms with Crippen LogP contribution in [0.15, 0.2) is 57.2 Å². The lowest BCUT2D eigenvalue weighted by molar-refractivity contribution is -0.385. The number of aryl methyl sites for hydroxylation is 1. The molecule has 1 aromatic carbocycles. The molecule has 3 aromatic rings. The number of rotatable bonds is 9. The fourth-order valence-corrected chi connectivity index (χ4v) is 5.99. The van der Waals surface area contributed by atoms with Gasteiger partial charge in [-0.25, -0.2) is 4.52 Å². The Hall–Kier alpha value is -2.83. The zero-order chi connectivity index (χ0) is 25.0. The second-order valence-electron chi connectivity index (χ2n) is 8.53. The van der Waals surface area contributed by atoms with Gasteiger partial charge in [0.25, 0.3) is 15.7 Å². The van der Waals surface area contributed by atoms with E-state index in [0.717, 1.165) is 52.9 Å². The molecule has 35 heavy (non-hydrogen) atoms. The van der Waals surface area contributed by atoms with E-state index in [9.17, 15) is 18.5 Å². The van der Waals surface area contributed by atoms with Gasteiger partial charge in [-0.3, -0.25) is 10.1 Å². The van der Waals surface area contributed by atoms with Crippen LogP contribution in [0, 0.1) is 17.0 Å². The van der Waals surface area contributed by atoms with Crippen molar-refractivity contribution >= 4 is 43.4 Å². The van der Waals surface area contributed by atoms with E-state index in [2.05, 4.69) is 31.0 Å². The van der Waals surface area contributed by atoms with Crippen molar-refractivity contribution in [3.05, 3.63) is 68.4 Å². The molecule has 1 aliphatic heterocycles. The molecule has 0 unspecified atom stereocenters. The maximum Gasteiger partial charge on any atom is 0.279 e. The van der Waals surface area contributed by atoms with Gasteiger partial charge in [-0.05, 0) is 63.5 Å². The lowest BCUT2D eigenvalue weighted by Crippen LogP contribution is -2.34. The van der Waals surface area contributed by atoms with Gasteiger partial charge >= 0.3 is 0 Å². The Morgan fingerprint density at radius 2 is 2.00 bits per heavy atom. The average Bonchev–Trinajstić information content (AvgIpc) is 3.23. The molecular weight excluding hydrogens is 536 g/mol. The summed E-state index contributed by atoms with van der Waals surface area (Å²) in [6.45, 7) is 4.56. The van der Waals surface area contributed by atoms with Crippen molar-refractivity contribution in [1.29, 1.82) is 0 Å². The van der Waals surface area contributed by atoms with Crippen LogP contribution in [-0.2, 0) is 10.0 Å². The number of nitro groups is 1. The van der Waals surface area contributed by atoms with E-state index in [4.69, 9.17) is 0 Å². The van der Waals surface area contributed by atoms with Crippen LogP contribution in [-0.4, -0.2) is 64.7 Å². The fourth-order valence-electron chi connectivity index (χ4n) is 4.15.